The maximum absolute atomic E-state index is 11.0. The van der Waals surface area contributed by atoms with E-state index in [2.05, 4.69) is 21.9 Å². The molecule has 1 rings (SSSR count). The molecule has 0 aromatic heterocycles. The number of methoxy groups -OCH3 is 1. The molecule has 0 radical (unpaired) electrons. The van der Waals surface area contributed by atoms with E-state index in [9.17, 15) is 4.79 Å². The summed E-state index contributed by atoms with van der Waals surface area (Å²) in [5, 5.41) is 3.36. The van der Waals surface area contributed by atoms with Gasteiger partial charge in [0.15, 0.2) is 0 Å². The number of nitrogens with zero attached hydrogens (tertiary/aromatic N) is 1. The molecule has 1 N–H and O–H groups in total. The van der Waals surface area contributed by atoms with E-state index in [-0.39, 0.29) is 11.5 Å². The number of esters is 1. The minimum absolute atomic E-state index is 0.114. The maximum Gasteiger partial charge on any atom is 0.306 e. The van der Waals surface area contributed by atoms with Crippen molar-refractivity contribution in [3.8, 4) is 0 Å². The van der Waals surface area contributed by atoms with Crippen LogP contribution in [0.1, 0.15) is 26.2 Å². The van der Waals surface area contributed by atoms with E-state index in [1.165, 1.54) is 7.11 Å². The molecule has 1 aliphatic rings. The van der Waals surface area contributed by atoms with Crippen LogP contribution in [0.15, 0.2) is 0 Å². The minimum atomic E-state index is -0.114. The summed E-state index contributed by atoms with van der Waals surface area (Å²) in [7, 11) is 3.46. The number of piperidine rings is 1. The van der Waals surface area contributed by atoms with Crippen molar-refractivity contribution in [2.75, 3.05) is 33.8 Å². The Bertz CT molecular complexity index is 211. The molecular weight excluding hydrogens is 192 g/mol. The number of carbonyl (C=O) groups excluding carboxylic acids is 1. The van der Waals surface area contributed by atoms with Gasteiger partial charge in [-0.2, -0.15) is 0 Å². The van der Waals surface area contributed by atoms with Crippen LogP contribution < -0.4 is 5.32 Å². The third-order valence-electron chi connectivity index (χ3n) is 3.42. The average molecular weight is 214 g/mol. The molecule has 0 amide bonds. The molecule has 0 spiro atoms. The van der Waals surface area contributed by atoms with E-state index >= 15 is 0 Å². The van der Waals surface area contributed by atoms with E-state index in [1.54, 1.807) is 0 Å². The first-order chi connectivity index (χ1) is 7.09. The maximum atomic E-state index is 11.0. The predicted molar refractivity (Wildman–Crippen MR) is 59.8 cm³/mol. The lowest BCUT2D eigenvalue weighted by molar-refractivity contribution is -0.141. The van der Waals surface area contributed by atoms with Crippen LogP contribution in [-0.4, -0.2) is 50.2 Å². The number of ether oxygens (including phenoxy) is 1. The van der Waals surface area contributed by atoms with Crippen molar-refractivity contribution >= 4 is 5.97 Å². The molecule has 1 heterocycles. The zero-order chi connectivity index (χ0) is 11.3. The summed E-state index contributed by atoms with van der Waals surface area (Å²) in [5.74, 6) is -0.114. The lowest BCUT2D eigenvalue weighted by Gasteiger charge is -2.39. The van der Waals surface area contributed by atoms with Gasteiger partial charge in [-0.15, -0.1) is 0 Å². The van der Waals surface area contributed by atoms with Gasteiger partial charge in [0.1, 0.15) is 0 Å². The molecule has 0 saturated carbocycles. The van der Waals surface area contributed by atoms with Gasteiger partial charge in [-0.05, 0) is 39.9 Å². The van der Waals surface area contributed by atoms with Crippen LogP contribution in [0.2, 0.25) is 0 Å². The first-order valence-corrected chi connectivity index (χ1v) is 5.58. The lowest BCUT2D eigenvalue weighted by Crippen LogP contribution is -2.50. The fraction of sp³-hybridized carbons (Fsp3) is 0.909. The zero-order valence-corrected chi connectivity index (χ0v) is 10.0. The molecule has 0 aromatic rings. The Balaban J connectivity index is 2.23. The van der Waals surface area contributed by atoms with Gasteiger partial charge in [-0.1, -0.05) is 0 Å². The van der Waals surface area contributed by atoms with Gasteiger partial charge in [0, 0.05) is 12.1 Å². The van der Waals surface area contributed by atoms with Crippen LogP contribution in [0.25, 0.3) is 0 Å². The summed E-state index contributed by atoms with van der Waals surface area (Å²) in [6.45, 7) is 5.21. The highest BCUT2D eigenvalue weighted by molar-refractivity contribution is 5.69. The summed E-state index contributed by atoms with van der Waals surface area (Å²) in [4.78, 5) is 13.3. The smallest absolute Gasteiger partial charge is 0.306 e. The highest BCUT2D eigenvalue weighted by Crippen LogP contribution is 2.20. The second kappa shape index (κ2) is 5.47. The van der Waals surface area contributed by atoms with E-state index in [4.69, 9.17) is 0 Å². The highest BCUT2D eigenvalue weighted by Gasteiger charge is 2.28. The van der Waals surface area contributed by atoms with Gasteiger partial charge >= 0.3 is 5.97 Å². The highest BCUT2D eigenvalue weighted by atomic mass is 16.5. The van der Waals surface area contributed by atoms with Gasteiger partial charge in [-0.3, -0.25) is 4.79 Å². The molecule has 15 heavy (non-hydrogen) atoms. The average Bonchev–Trinajstić information content (AvgIpc) is 2.28. The second-order valence-electron chi connectivity index (χ2n) is 4.48. The van der Waals surface area contributed by atoms with Crippen molar-refractivity contribution < 1.29 is 9.53 Å². The predicted octanol–water partition coefficient (Wildman–Crippen LogP) is 0.623. The summed E-state index contributed by atoms with van der Waals surface area (Å²) < 4.78 is 4.63. The zero-order valence-electron chi connectivity index (χ0n) is 10.0. The van der Waals surface area contributed by atoms with Crippen molar-refractivity contribution in [1.29, 1.82) is 0 Å². The second-order valence-corrected chi connectivity index (χ2v) is 4.48. The molecule has 1 saturated heterocycles. The first-order valence-electron chi connectivity index (χ1n) is 5.58. The summed E-state index contributed by atoms with van der Waals surface area (Å²) >= 11 is 0. The van der Waals surface area contributed by atoms with Crippen molar-refractivity contribution in [3.63, 3.8) is 0 Å². The third-order valence-corrected chi connectivity index (χ3v) is 3.42. The van der Waals surface area contributed by atoms with Crippen molar-refractivity contribution in [2.45, 2.75) is 31.7 Å². The number of hydrogen-bond donors (Lipinski definition) is 1. The van der Waals surface area contributed by atoms with E-state index in [1.807, 2.05) is 7.05 Å². The Labute approximate surface area is 92.0 Å². The van der Waals surface area contributed by atoms with Crippen LogP contribution in [0, 0.1) is 0 Å². The molecule has 0 unspecified atom stereocenters. The van der Waals surface area contributed by atoms with E-state index in [0.717, 1.165) is 32.5 Å². The molecule has 88 valence electrons. The molecule has 4 heteroatoms. The molecule has 0 atom stereocenters. The van der Waals surface area contributed by atoms with Gasteiger partial charge in [0.05, 0.1) is 13.5 Å². The van der Waals surface area contributed by atoms with Gasteiger partial charge in [0.25, 0.3) is 0 Å². The van der Waals surface area contributed by atoms with Crippen LogP contribution in [0.3, 0.4) is 0 Å². The lowest BCUT2D eigenvalue weighted by atomic mass is 9.90. The van der Waals surface area contributed by atoms with Crippen LogP contribution in [0.4, 0.5) is 0 Å². The van der Waals surface area contributed by atoms with Crippen molar-refractivity contribution in [1.82, 2.24) is 10.2 Å². The molecule has 0 aliphatic carbocycles. The van der Waals surface area contributed by atoms with E-state index < -0.39 is 0 Å². The minimum Gasteiger partial charge on any atom is -0.469 e. The SMILES string of the molecule is CNC1(C)CCN(CCC(=O)OC)CC1. The third kappa shape index (κ3) is 3.80. The molecular formula is C11H22N2O2. The van der Waals surface area contributed by atoms with Gasteiger partial charge < -0.3 is 15.0 Å². The number of rotatable bonds is 4. The van der Waals surface area contributed by atoms with Crippen LogP contribution >= 0.6 is 0 Å². The molecule has 0 bridgehead atoms. The first kappa shape index (κ1) is 12.5. The molecule has 0 aromatic carbocycles. The number of nitrogens with one attached hydrogen (secondary N) is 1. The Hall–Kier alpha value is -0.610. The Morgan fingerprint density at radius 1 is 1.47 bits per heavy atom. The number of likely N-dealkylation sites (tertiary alicyclic amines) is 1. The van der Waals surface area contributed by atoms with Gasteiger partial charge in [-0.25, -0.2) is 0 Å². The normalized spacial score (nSPS) is 21.3. The fourth-order valence-electron chi connectivity index (χ4n) is 1.87. The summed E-state index contributed by atoms with van der Waals surface area (Å²) in [5.41, 5.74) is 0.280. The van der Waals surface area contributed by atoms with Crippen molar-refractivity contribution in [2.24, 2.45) is 0 Å². The molecule has 1 fully saturated rings. The fourth-order valence-corrected chi connectivity index (χ4v) is 1.87. The standard InChI is InChI=1S/C11H22N2O2/c1-11(12-2)5-8-13(9-6-11)7-4-10(14)15-3/h12H,4-9H2,1-3H3. The Kier molecular flexibility index (Phi) is 4.54. The number of hydrogen-bond acceptors (Lipinski definition) is 4. The van der Waals surface area contributed by atoms with Crippen molar-refractivity contribution in [3.05, 3.63) is 0 Å². The Morgan fingerprint density at radius 2 is 2.07 bits per heavy atom. The van der Waals surface area contributed by atoms with Crippen LogP contribution in [0.5, 0.6) is 0 Å². The summed E-state index contributed by atoms with van der Waals surface area (Å²) in [6.07, 6.45) is 2.79. The largest absolute Gasteiger partial charge is 0.469 e. The quantitative estimate of drug-likeness (QED) is 0.697. The number of carbonyl (C=O) groups is 1. The van der Waals surface area contributed by atoms with Crippen LogP contribution in [-0.2, 0) is 9.53 Å². The molecule has 4 nitrogen and oxygen atoms in total. The van der Waals surface area contributed by atoms with Gasteiger partial charge in [0.2, 0.25) is 0 Å². The topological polar surface area (TPSA) is 41.6 Å². The monoisotopic (exact) mass is 214 g/mol. The Morgan fingerprint density at radius 3 is 2.53 bits per heavy atom. The summed E-state index contributed by atoms with van der Waals surface area (Å²) in [6, 6.07) is 0. The molecule has 1 aliphatic heterocycles. The van der Waals surface area contributed by atoms with E-state index in [0.29, 0.717) is 6.42 Å².